The van der Waals surface area contributed by atoms with E-state index in [1.807, 2.05) is 0 Å². The number of hydrogen-bond donors (Lipinski definition) is 0. The minimum absolute atomic E-state index is 0.0463. The molecule has 1 saturated carbocycles. The maximum absolute atomic E-state index is 12.7. The minimum atomic E-state index is -0.327. The van der Waals surface area contributed by atoms with Gasteiger partial charge in [0.05, 0.1) is 12.7 Å². The quantitative estimate of drug-likeness (QED) is 0.724. The summed E-state index contributed by atoms with van der Waals surface area (Å²) in [5.41, 5.74) is -0.0463. The average Bonchev–Trinajstić information content (AvgIpc) is 3.07. The monoisotopic (exact) mass is 310 g/mol. The van der Waals surface area contributed by atoms with Crippen molar-refractivity contribution >= 4 is 11.9 Å². The molecule has 0 aromatic heterocycles. The molecule has 2 saturated heterocycles. The number of nitrogens with zero attached hydrogens (tertiary/aromatic N) is 2. The van der Waals surface area contributed by atoms with Gasteiger partial charge in [0, 0.05) is 39.1 Å². The van der Waals surface area contributed by atoms with Gasteiger partial charge in [0.2, 0.25) is 0 Å². The zero-order chi connectivity index (χ0) is 15.7. The number of carbonyl (C=O) groups excluding carboxylic acids is 2. The zero-order valence-electron chi connectivity index (χ0n) is 13.5. The van der Waals surface area contributed by atoms with Crippen molar-refractivity contribution in [2.24, 2.45) is 5.41 Å². The number of imide groups is 1. The van der Waals surface area contributed by atoms with Crippen LogP contribution in [0.2, 0.25) is 0 Å². The molecule has 2 unspecified atom stereocenters. The zero-order valence-corrected chi connectivity index (χ0v) is 13.5. The van der Waals surface area contributed by atoms with Gasteiger partial charge in [-0.05, 0) is 19.3 Å². The highest BCUT2D eigenvalue weighted by atomic mass is 16.5. The van der Waals surface area contributed by atoms with Crippen LogP contribution in [0.1, 0.15) is 38.5 Å². The molecule has 2 aliphatic heterocycles. The van der Waals surface area contributed by atoms with E-state index in [1.54, 1.807) is 19.1 Å². The maximum Gasteiger partial charge on any atom is 0.327 e. The number of ether oxygens (including phenoxy) is 2. The highest BCUT2D eigenvalue weighted by Crippen LogP contribution is 2.40. The lowest BCUT2D eigenvalue weighted by atomic mass is 9.86. The lowest BCUT2D eigenvalue weighted by Gasteiger charge is -2.32. The van der Waals surface area contributed by atoms with Crippen LogP contribution >= 0.6 is 0 Å². The molecule has 3 amide bonds. The lowest BCUT2D eigenvalue weighted by Crippen LogP contribution is -2.44. The number of amides is 3. The first-order valence-corrected chi connectivity index (χ1v) is 8.24. The number of urea groups is 1. The van der Waals surface area contributed by atoms with Gasteiger partial charge in [0.25, 0.3) is 5.91 Å². The third kappa shape index (κ3) is 2.63. The summed E-state index contributed by atoms with van der Waals surface area (Å²) >= 11 is 0. The molecule has 2 heterocycles. The van der Waals surface area contributed by atoms with E-state index in [2.05, 4.69) is 0 Å². The number of methoxy groups -OCH3 is 2. The molecule has 124 valence electrons. The van der Waals surface area contributed by atoms with E-state index in [9.17, 15) is 9.59 Å². The van der Waals surface area contributed by atoms with Crippen LogP contribution in [0.4, 0.5) is 4.79 Å². The Morgan fingerprint density at radius 3 is 2.59 bits per heavy atom. The van der Waals surface area contributed by atoms with E-state index < -0.39 is 0 Å². The minimum Gasteiger partial charge on any atom is -0.384 e. The third-order valence-corrected chi connectivity index (χ3v) is 5.52. The van der Waals surface area contributed by atoms with Gasteiger partial charge in [-0.3, -0.25) is 9.69 Å². The Kier molecular flexibility index (Phi) is 4.41. The summed E-state index contributed by atoms with van der Waals surface area (Å²) in [6.45, 7) is 1.74. The normalized spacial score (nSPS) is 31.0. The van der Waals surface area contributed by atoms with Crippen LogP contribution in [-0.2, 0) is 14.3 Å². The van der Waals surface area contributed by atoms with E-state index in [4.69, 9.17) is 9.47 Å². The number of fused-ring (bicyclic) bond motifs is 1. The first-order valence-electron chi connectivity index (χ1n) is 8.24. The Balaban J connectivity index is 1.74. The molecule has 0 radical (unpaired) electrons. The van der Waals surface area contributed by atoms with Crippen LogP contribution in [0.5, 0.6) is 0 Å². The predicted octanol–water partition coefficient (Wildman–Crippen LogP) is 1.63. The van der Waals surface area contributed by atoms with E-state index in [0.717, 1.165) is 32.1 Å². The smallest absolute Gasteiger partial charge is 0.327 e. The average molecular weight is 310 g/mol. The Labute approximate surface area is 131 Å². The van der Waals surface area contributed by atoms with Crippen molar-refractivity contribution in [3.63, 3.8) is 0 Å². The fraction of sp³-hybridized carbons (Fsp3) is 0.875. The van der Waals surface area contributed by atoms with Gasteiger partial charge in [0.15, 0.2) is 0 Å². The number of rotatable bonds is 5. The van der Waals surface area contributed by atoms with Crippen molar-refractivity contribution in [2.75, 3.05) is 33.9 Å². The van der Waals surface area contributed by atoms with Crippen LogP contribution in [0.15, 0.2) is 0 Å². The van der Waals surface area contributed by atoms with Gasteiger partial charge >= 0.3 is 6.03 Å². The highest BCUT2D eigenvalue weighted by molar-refractivity contribution is 6.04. The van der Waals surface area contributed by atoms with Crippen molar-refractivity contribution in [1.29, 1.82) is 0 Å². The summed E-state index contributed by atoms with van der Waals surface area (Å²) < 4.78 is 10.8. The molecule has 3 aliphatic rings. The van der Waals surface area contributed by atoms with Gasteiger partial charge in [-0.2, -0.15) is 0 Å². The lowest BCUT2D eigenvalue weighted by molar-refractivity contribution is -0.131. The second-order valence-electron chi connectivity index (χ2n) is 6.94. The van der Waals surface area contributed by atoms with Gasteiger partial charge in [-0.1, -0.05) is 12.8 Å². The molecule has 0 spiro atoms. The van der Waals surface area contributed by atoms with E-state index in [0.29, 0.717) is 26.1 Å². The summed E-state index contributed by atoms with van der Waals surface area (Å²) in [5, 5.41) is 0. The molecule has 0 aromatic carbocycles. The molecule has 2 atom stereocenters. The summed E-state index contributed by atoms with van der Waals surface area (Å²) in [6.07, 6.45) is 5.87. The summed E-state index contributed by atoms with van der Waals surface area (Å²) in [7, 11) is 3.37. The molecular formula is C16H26N2O4. The van der Waals surface area contributed by atoms with Crippen LogP contribution in [0, 0.1) is 5.41 Å². The maximum atomic E-state index is 12.7. The summed E-state index contributed by atoms with van der Waals surface area (Å²) in [5.74, 6) is -0.0471. The summed E-state index contributed by atoms with van der Waals surface area (Å²) in [6, 6.07) is -0.445. The van der Waals surface area contributed by atoms with E-state index in [1.165, 1.54) is 4.90 Å². The molecule has 0 aromatic rings. The number of carbonyl (C=O) groups is 2. The molecule has 3 fully saturated rings. The van der Waals surface area contributed by atoms with E-state index >= 15 is 0 Å². The first-order chi connectivity index (χ1) is 10.6. The number of piperidine rings is 1. The molecule has 6 nitrogen and oxygen atoms in total. The highest BCUT2D eigenvalue weighted by Gasteiger charge is 2.50. The summed E-state index contributed by atoms with van der Waals surface area (Å²) in [4.78, 5) is 28.6. The molecule has 22 heavy (non-hydrogen) atoms. The van der Waals surface area contributed by atoms with Crippen molar-refractivity contribution in [1.82, 2.24) is 9.80 Å². The molecule has 3 rings (SSSR count). The first kappa shape index (κ1) is 15.7. The van der Waals surface area contributed by atoms with Crippen molar-refractivity contribution in [2.45, 2.75) is 50.7 Å². The van der Waals surface area contributed by atoms with Crippen LogP contribution in [0.25, 0.3) is 0 Å². The topological polar surface area (TPSA) is 59.1 Å². The van der Waals surface area contributed by atoms with Gasteiger partial charge < -0.3 is 14.4 Å². The van der Waals surface area contributed by atoms with Crippen LogP contribution < -0.4 is 0 Å². The second-order valence-corrected chi connectivity index (χ2v) is 6.94. The Morgan fingerprint density at radius 2 is 1.95 bits per heavy atom. The molecule has 0 bridgehead atoms. The fourth-order valence-electron chi connectivity index (χ4n) is 4.30. The second kappa shape index (κ2) is 6.16. The standard InChI is InChI=1S/C16H26N2O4/c1-21-11-16(6-3-4-7-16)10-18-14(19)13-9-12(22-2)5-8-17(13)15(18)20/h12-13H,3-11H2,1-2H3. The Morgan fingerprint density at radius 1 is 1.23 bits per heavy atom. The number of hydrogen-bond acceptors (Lipinski definition) is 4. The molecule has 1 aliphatic carbocycles. The van der Waals surface area contributed by atoms with Crippen molar-refractivity contribution < 1.29 is 19.1 Å². The molecular weight excluding hydrogens is 284 g/mol. The van der Waals surface area contributed by atoms with Gasteiger partial charge in [0.1, 0.15) is 6.04 Å². The molecule has 6 heteroatoms. The van der Waals surface area contributed by atoms with Crippen LogP contribution in [-0.4, -0.2) is 67.8 Å². The van der Waals surface area contributed by atoms with E-state index in [-0.39, 0.29) is 29.5 Å². The predicted molar refractivity (Wildman–Crippen MR) is 80.4 cm³/mol. The van der Waals surface area contributed by atoms with Gasteiger partial charge in [-0.25, -0.2) is 4.79 Å². The fourth-order valence-corrected chi connectivity index (χ4v) is 4.30. The largest absolute Gasteiger partial charge is 0.384 e. The van der Waals surface area contributed by atoms with Crippen molar-refractivity contribution in [3.05, 3.63) is 0 Å². The van der Waals surface area contributed by atoms with Crippen LogP contribution in [0.3, 0.4) is 0 Å². The van der Waals surface area contributed by atoms with Crippen molar-refractivity contribution in [3.8, 4) is 0 Å². The third-order valence-electron chi connectivity index (χ3n) is 5.52. The van der Waals surface area contributed by atoms with Gasteiger partial charge in [-0.15, -0.1) is 0 Å². The SMILES string of the molecule is COCC1(CN2C(=O)C3CC(OC)CCN3C2=O)CCCC1. The Hall–Kier alpha value is -1.14. The Bertz CT molecular complexity index is 447. The molecule has 0 N–H and O–H groups in total.